The average molecular weight is 382 g/mol. The molecular formula is C20H22N4O2S. The molecule has 0 fully saturated rings. The molecule has 0 bridgehead atoms. The minimum absolute atomic E-state index is 0.0829. The summed E-state index contributed by atoms with van der Waals surface area (Å²) in [6.45, 7) is 5.85. The molecule has 27 heavy (non-hydrogen) atoms. The first-order valence-corrected chi connectivity index (χ1v) is 9.86. The highest BCUT2D eigenvalue weighted by molar-refractivity contribution is 7.99. The summed E-state index contributed by atoms with van der Waals surface area (Å²) in [5.41, 5.74) is 1.22. The quantitative estimate of drug-likeness (QED) is 0.524. The summed E-state index contributed by atoms with van der Waals surface area (Å²) >= 11 is 1.24. The van der Waals surface area contributed by atoms with Crippen LogP contribution < -0.4 is 10.9 Å². The van der Waals surface area contributed by atoms with Gasteiger partial charge in [0.05, 0.1) is 16.7 Å². The Kier molecular flexibility index (Phi) is 5.91. The third kappa shape index (κ3) is 4.36. The molecule has 1 aromatic carbocycles. The van der Waals surface area contributed by atoms with Gasteiger partial charge in [-0.05, 0) is 44.5 Å². The number of pyridine rings is 1. The zero-order valence-corrected chi connectivity index (χ0v) is 16.4. The molecule has 1 amide bonds. The van der Waals surface area contributed by atoms with Crippen molar-refractivity contribution in [1.29, 1.82) is 0 Å². The van der Waals surface area contributed by atoms with E-state index >= 15 is 0 Å². The molecule has 3 rings (SSSR count). The lowest BCUT2D eigenvalue weighted by atomic mass is 10.2. The van der Waals surface area contributed by atoms with Crippen molar-refractivity contribution in [1.82, 2.24) is 19.9 Å². The van der Waals surface area contributed by atoms with Crippen LogP contribution in [0.5, 0.6) is 0 Å². The van der Waals surface area contributed by atoms with Gasteiger partial charge in [0.25, 0.3) is 5.56 Å². The van der Waals surface area contributed by atoms with Crippen LogP contribution in [-0.2, 0) is 4.79 Å². The van der Waals surface area contributed by atoms with E-state index in [1.54, 1.807) is 18.2 Å². The molecule has 7 heteroatoms. The van der Waals surface area contributed by atoms with Gasteiger partial charge in [0.2, 0.25) is 5.91 Å². The maximum atomic E-state index is 13.1. The van der Waals surface area contributed by atoms with Gasteiger partial charge >= 0.3 is 0 Å². The number of amides is 1. The fourth-order valence-electron chi connectivity index (χ4n) is 2.61. The van der Waals surface area contributed by atoms with Crippen LogP contribution in [0.3, 0.4) is 0 Å². The highest BCUT2D eigenvalue weighted by atomic mass is 32.2. The molecule has 0 aliphatic rings. The molecule has 140 valence electrons. The number of aryl methyl sites for hydroxylation is 1. The molecule has 1 N–H and O–H groups in total. The fourth-order valence-corrected chi connectivity index (χ4v) is 3.43. The maximum absolute atomic E-state index is 13.1. The van der Waals surface area contributed by atoms with E-state index in [1.165, 1.54) is 16.3 Å². The standard InChI is InChI=1S/C20H22N4O2S/c1-4-13(2)22-18(25)12-27-20-23-16-10-6-5-9-15(16)19(26)24(20)17-11-7-8-14(3)21-17/h5-11,13H,4,12H2,1-3H3,(H,22,25)/t13-/m0/s1. The van der Waals surface area contributed by atoms with Gasteiger partial charge in [-0.15, -0.1) is 0 Å². The number of nitrogens with one attached hydrogen (secondary N) is 1. The molecular weight excluding hydrogens is 360 g/mol. The molecule has 0 aliphatic heterocycles. The van der Waals surface area contributed by atoms with E-state index in [0.29, 0.717) is 21.9 Å². The Balaban J connectivity index is 2.03. The monoisotopic (exact) mass is 382 g/mol. The van der Waals surface area contributed by atoms with Gasteiger partial charge in [-0.25, -0.2) is 14.5 Å². The van der Waals surface area contributed by atoms with E-state index in [4.69, 9.17) is 0 Å². The zero-order valence-electron chi connectivity index (χ0n) is 15.6. The van der Waals surface area contributed by atoms with Crippen molar-refractivity contribution in [2.75, 3.05) is 5.75 Å². The largest absolute Gasteiger partial charge is 0.353 e. The smallest absolute Gasteiger partial charge is 0.267 e. The molecule has 0 radical (unpaired) electrons. The van der Waals surface area contributed by atoms with Crippen molar-refractivity contribution in [3.63, 3.8) is 0 Å². The van der Waals surface area contributed by atoms with Gasteiger partial charge in [0.15, 0.2) is 5.16 Å². The van der Waals surface area contributed by atoms with E-state index in [9.17, 15) is 9.59 Å². The summed E-state index contributed by atoms with van der Waals surface area (Å²) in [5.74, 6) is 0.601. The van der Waals surface area contributed by atoms with Crippen LogP contribution in [0.25, 0.3) is 16.7 Å². The Morgan fingerprint density at radius 3 is 2.70 bits per heavy atom. The summed E-state index contributed by atoms with van der Waals surface area (Å²) in [4.78, 5) is 34.4. The number of carbonyl (C=O) groups is 1. The summed E-state index contributed by atoms with van der Waals surface area (Å²) in [5, 5.41) is 3.91. The number of fused-ring (bicyclic) bond motifs is 1. The fraction of sp³-hybridized carbons (Fsp3) is 0.300. The number of thioether (sulfide) groups is 1. The van der Waals surface area contributed by atoms with Crippen LogP contribution in [0.2, 0.25) is 0 Å². The number of para-hydroxylation sites is 1. The second-order valence-corrected chi connectivity index (χ2v) is 7.30. The molecule has 3 aromatic rings. The number of hydrogen-bond donors (Lipinski definition) is 1. The van der Waals surface area contributed by atoms with Crippen molar-refractivity contribution in [2.24, 2.45) is 0 Å². The molecule has 6 nitrogen and oxygen atoms in total. The lowest BCUT2D eigenvalue weighted by molar-refractivity contribution is -0.119. The van der Waals surface area contributed by atoms with E-state index in [-0.39, 0.29) is 23.3 Å². The van der Waals surface area contributed by atoms with Crippen molar-refractivity contribution < 1.29 is 4.79 Å². The molecule has 2 heterocycles. The minimum atomic E-state index is -0.191. The predicted molar refractivity (Wildman–Crippen MR) is 108 cm³/mol. The average Bonchev–Trinajstić information content (AvgIpc) is 2.66. The van der Waals surface area contributed by atoms with Crippen LogP contribution in [-0.4, -0.2) is 32.2 Å². The van der Waals surface area contributed by atoms with Gasteiger partial charge in [-0.3, -0.25) is 9.59 Å². The van der Waals surface area contributed by atoms with Crippen molar-refractivity contribution in [3.05, 3.63) is 58.5 Å². The summed E-state index contributed by atoms with van der Waals surface area (Å²) in [6, 6.07) is 12.8. The predicted octanol–water partition coefficient (Wildman–Crippen LogP) is 3.10. The SMILES string of the molecule is CC[C@H](C)NC(=O)CSc1nc2ccccc2c(=O)n1-c1cccc(C)n1. The van der Waals surface area contributed by atoms with Gasteiger partial charge in [0, 0.05) is 11.7 Å². The van der Waals surface area contributed by atoms with Gasteiger partial charge < -0.3 is 5.32 Å². The number of hydrogen-bond acceptors (Lipinski definition) is 5. The Morgan fingerprint density at radius 2 is 1.96 bits per heavy atom. The summed E-state index contributed by atoms with van der Waals surface area (Å²) in [7, 11) is 0. The van der Waals surface area contributed by atoms with E-state index in [2.05, 4.69) is 15.3 Å². The van der Waals surface area contributed by atoms with Crippen LogP contribution in [0.1, 0.15) is 26.0 Å². The zero-order chi connectivity index (χ0) is 19.4. The molecule has 0 aliphatic carbocycles. The highest BCUT2D eigenvalue weighted by Crippen LogP contribution is 2.20. The first-order valence-electron chi connectivity index (χ1n) is 8.87. The second-order valence-electron chi connectivity index (χ2n) is 6.35. The van der Waals surface area contributed by atoms with Gasteiger partial charge in [-0.1, -0.05) is 36.9 Å². The summed E-state index contributed by atoms with van der Waals surface area (Å²) < 4.78 is 1.48. The Bertz CT molecular complexity index is 1030. The lowest BCUT2D eigenvalue weighted by Gasteiger charge is -2.14. The Labute approximate surface area is 162 Å². The minimum Gasteiger partial charge on any atom is -0.353 e. The lowest BCUT2D eigenvalue weighted by Crippen LogP contribution is -2.33. The number of carbonyl (C=O) groups excluding carboxylic acids is 1. The topological polar surface area (TPSA) is 76.9 Å². The first-order chi connectivity index (χ1) is 13.0. The number of rotatable bonds is 6. The Hall–Kier alpha value is -2.67. The van der Waals surface area contributed by atoms with Gasteiger partial charge in [-0.2, -0.15) is 0 Å². The van der Waals surface area contributed by atoms with E-state index < -0.39 is 0 Å². The number of benzene rings is 1. The maximum Gasteiger partial charge on any atom is 0.267 e. The van der Waals surface area contributed by atoms with Crippen LogP contribution in [0.4, 0.5) is 0 Å². The molecule has 0 spiro atoms. The van der Waals surface area contributed by atoms with Crippen molar-refractivity contribution in [3.8, 4) is 5.82 Å². The van der Waals surface area contributed by atoms with Crippen LogP contribution in [0.15, 0.2) is 52.4 Å². The molecule has 0 saturated heterocycles. The Morgan fingerprint density at radius 1 is 1.19 bits per heavy atom. The molecule has 1 atom stereocenters. The third-order valence-electron chi connectivity index (χ3n) is 4.20. The molecule has 2 aromatic heterocycles. The molecule has 0 saturated carbocycles. The first kappa shape index (κ1) is 19.1. The van der Waals surface area contributed by atoms with Crippen molar-refractivity contribution in [2.45, 2.75) is 38.4 Å². The summed E-state index contributed by atoms with van der Waals surface area (Å²) in [6.07, 6.45) is 0.864. The third-order valence-corrected chi connectivity index (χ3v) is 5.14. The van der Waals surface area contributed by atoms with Gasteiger partial charge in [0.1, 0.15) is 5.82 Å². The van der Waals surface area contributed by atoms with Crippen molar-refractivity contribution >= 4 is 28.6 Å². The number of nitrogens with zero attached hydrogens (tertiary/aromatic N) is 3. The second kappa shape index (κ2) is 8.35. The van der Waals surface area contributed by atoms with Crippen LogP contribution >= 0.6 is 11.8 Å². The molecule has 0 unspecified atom stereocenters. The normalized spacial score (nSPS) is 12.1. The van der Waals surface area contributed by atoms with Crippen LogP contribution in [0, 0.1) is 6.92 Å². The highest BCUT2D eigenvalue weighted by Gasteiger charge is 2.16. The van der Waals surface area contributed by atoms with E-state index in [1.807, 2.05) is 45.0 Å². The van der Waals surface area contributed by atoms with E-state index in [0.717, 1.165) is 12.1 Å². The number of aromatic nitrogens is 3.